The molecule has 3 aromatic rings. The van der Waals surface area contributed by atoms with E-state index in [1.54, 1.807) is 6.07 Å². The Morgan fingerprint density at radius 1 is 1.24 bits per heavy atom. The lowest BCUT2D eigenvalue weighted by molar-refractivity contribution is 0.103. The Morgan fingerprint density at radius 2 is 2.05 bits per heavy atom. The fourth-order valence-electron chi connectivity index (χ4n) is 2.10. The van der Waals surface area contributed by atoms with Gasteiger partial charge in [0.05, 0.1) is 4.88 Å². The summed E-state index contributed by atoms with van der Waals surface area (Å²) in [4.78, 5) is 13.0. The summed E-state index contributed by atoms with van der Waals surface area (Å²) >= 11 is 7.51. The summed E-state index contributed by atoms with van der Waals surface area (Å²) in [7, 11) is 0. The number of thiophene rings is 1. The summed E-state index contributed by atoms with van der Waals surface area (Å²) in [6, 6.07) is 12.9. The summed E-state index contributed by atoms with van der Waals surface area (Å²) in [6.45, 7) is 1.88. The molecule has 0 spiro atoms. The quantitative estimate of drug-likeness (QED) is 0.673. The number of rotatable bonds is 2. The number of nitrogens with two attached hydrogens (primary N) is 1. The molecule has 1 aromatic heterocycles. The fraction of sp³-hybridized carbons (Fsp3) is 0.0625. The first-order chi connectivity index (χ1) is 10.0. The van der Waals surface area contributed by atoms with Crippen molar-refractivity contribution in [2.75, 3.05) is 11.1 Å². The Morgan fingerprint density at radius 3 is 2.86 bits per heavy atom. The molecule has 3 N–H and O–H groups in total. The highest BCUT2D eigenvalue weighted by Gasteiger charge is 2.12. The van der Waals surface area contributed by atoms with Crippen molar-refractivity contribution >= 4 is 50.3 Å². The summed E-state index contributed by atoms with van der Waals surface area (Å²) in [5, 5.41) is 4.51. The highest BCUT2D eigenvalue weighted by molar-refractivity contribution is 7.20. The molecule has 2 aromatic carbocycles. The SMILES string of the molecule is Cc1c(Cl)cccc1NC(=O)c1cc2cc(N)ccc2s1. The van der Waals surface area contributed by atoms with Crippen LogP contribution >= 0.6 is 22.9 Å². The lowest BCUT2D eigenvalue weighted by Crippen LogP contribution is -2.11. The van der Waals surface area contributed by atoms with Crippen molar-refractivity contribution < 1.29 is 4.79 Å². The van der Waals surface area contributed by atoms with Crippen LogP contribution in [-0.4, -0.2) is 5.91 Å². The minimum absolute atomic E-state index is 0.139. The smallest absolute Gasteiger partial charge is 0.265 e. The van der Waals surface area contributed by atoms with Crippen molar-refractivity contribution in [3.8, 4) is 0 Å². The number of hydrogen-bond acceptors (Lipinski definition) is 3. The minimum atomic E-state index is -0.139. The molecule has 3 nitrogen and oxygen atoms in total. The standard InChI is InChI=1S/C16H13ClN2OS/c1-9-12(17)3-2-4-13(9)19-16(20)15-8-10-7-11(18)5-6-14(10)21-15/h2-8H,18H2,1H3,(H,19,20). The van der Waals surface area contributed by atoms with Gasteiger partial charge in [0.1, 0.15) is 0 Å². The molecule has 0 aliphatic carbocycles. The zero-order valence-electron chi connectivity index (χ0n) is 11.3. The second-order valence-corrected chi connectivity index (χ2v) is 6.27. The van der Waals surface area contributed by atoms with E-state index in [0.717, 1.165) is 21.3 Å². The molecule has 0 radical (unpaired) electrons. The Balaban J connectivity index is 1.91. The number of fused-ring (bicyclic) bond motifs is 1. The molecule has 106 valence electrons. The number of nitrogen functional groups attached to an aromatic ring is 1. The van der Waals surface area contributed by atoms with E-state index < -0.39 is 0 Å². The lowest BCUT2D eigenvalue weighted by atomic mass is 10.2. The molecular formula is C16H13ClN2OS. The third-order valence-corrected chi connectivity index (χ3v) is 4.80. The molecule has 1 heterocycles. The molecule has 0 unspecified atom stereocenters. The number of anilines is 2. The van der Waals surface area contributed by atoms with Gasteiger partial charge in [0.2, 0.25) is 0 Å². The Kier molecular flexibility index (Phi) is 3.57. The van der Waals surface area contributed by atoms with E-state index in [-0.39, 0.29) is 5.91 Å². The number of hydrogen-bond donors (Lipinski definition) is 2. The van der Waals surface area contributed by atoms with Crippen molar-refractivity contribution in [1.82, 2.24) is 0 Å². The topological polar surface area (TPSA) is 55.1 Å². The molecule has 1 amide bonds. The Labute approximate surface area is 131 Å². The maximum absolute atomic E-state index is 12.4. The van der Waals surface area contributed by atoms with Gasteiger partial charge in [-0.1, -0.05) is 17.7 Å². The van der Waals surface area contributed by atoms with E-state index in [0.29, 0.717) is 15.6 Å². The molecule has 0 atom stereocenters. The number of benzene rings is 2. The maximum atomic E-state index is 12.4. The Hall–Kier alpha value is -2.04. The van der Waals surface area contributed by atoms with E-state index >= 15 is 0 Å². The van der Waals surface area contributed by atoms with Gasteiger partial charge in [0.15, 0.2) is 0 Å². The van der Waals surface area contributed by atoms with E-state index in [9.17, 15) is 4.79 Å². The van der Waals surface area contributed by atoms with E-state index in [1.807, 2.05) is 43.3 Å². The predicted octanol–water partition coefficient (Wildman–Crippen LogP) is 4.70. The van der Waals surface area contributed by atoms with Crippen LogP contribution in [0.25, 0.3) is 10.1 Å². The van der Waals surface area contributed by atoms with Crippen LogP contribution in [0, 0.1) is 6.92 Å². The molecule has 5 heteroatoms. The highest BCUT2D eigenvalue weighted by Crippen LogP contribution is 2.29. The van der Waals surface area contributed by atoms with Crippen LogP contribution in [0.3, 0.4) is 0 Å². The van der Waals surface area contributed by atoms with Gasteiger partial charge in [-0.3, -0.25) is 4.79 Å². The third-order valence-electron chi connectivity index (χ3n) is 3.28. The van der Waals surface area contributed by atoms with E-state index in [4.69, 9.17) is 17.3 Å². The van der Waals surface area contributed by atoms with Crippen LogP contribution in [-0.2, 0) is 0 Å². The fourth-order valence-corrected chi connectivity index (χ4v) is 3.21. The number of carbonyl (C=O) groups excluding carboxylic acids is 1. The first-order valence-electron chi connectivity index (χ1n) is 6.40. The normalized spacial score (nSPS) is 10.8. The summed E-state index contributed by atoms with van der Waals surface area (Å²) < 4.78 is 1.04. The molecule has 3 rings (SSSR count). The minimum Gasteiger partial charge on any atom is -0.399 e. The van der Waals surface area contributed by atoms with Crippen LogP contribution in [0.5, 0.6) is 0 Å². The van der Waals surface area contributed by atoms with Gasteiger partial charge in [0, 0.05) is 21.1 Å². The average Bonchev–Trinajstić information content (AvgIpc) is 2.87. The van der Waals surface area contributed by atoms with Crippen molar-refractivity contribution in [3.05, 3.63) is 57.9 Å². The maximum Gasteiger partial charge on any atom is 0.265 e. The first-order valence-corrected chi connectivity index (χ1v) is 7.59. The number of carbonyl (C=O) groups is 1. The largest absolute Gasteiger partial charge is 0.399 e. The van der Waals surface area contributed by atoms with Crippen LogP contribution in [0.2, 0.25) is 5.02 Å². The second kappa shape index (κ2) is 5.39. The van der Waals surface area contributed by atoms with Gasteiger partial charge >= 0.3 is 0 Å². The monoisotopic (exact) mass is 316 g/mol. The van der Waals surface area contributed by atoms with Crippen LogP contribution in [0.4, 0.5) is 11.4 Å². The number of halogens is 1. The molecule has 0 saturated heterocycles. The van der Waals surface area contributed by atoms with E-state index in [1.165, 1.54) is 11.3 Å². The van der Waals surface area contributed by atoms with Crippen LogP contribution in [0.1, 0.15) is 15.2 Å². The lowest BCUT2D eigenvalue weighted by Gasteiger charge is -2.08. The summed E-state index contributed by atoms with van der Waals surface area (Å²) in [6.07, 6.45) is 0. The summed E-state index contributed by atoms with van der Waals surface area (Å²) in [5.74, 6) is -0.139. The van der Waals surface area contributed by atoms with Gasteiger partial charge in [0.25, 0.3) is 5.91 Å². The summed E-state index contributed by atoms with van der Waals surface area (Å²) in [5.41, 5.74) is 8.04. The second-order valence-electron chi connectivity index (χ2n) is 4.77. The van der Waals surface area contributed by atoms with Gasteiger partial charge in [-0.15, -0.1) is 11.3 Å². The molecular weight excluding hydrogens is 304 g/mol. The van der Waals surface area contributed by atoms with Gasteiger partial charge < -0.3 is 11.1 Å². The van der Waals surface area contributed by atoms with E-state index in [2.05, 4.69) is 5.32 Å². The predicted molar refractivity (Wildman–Crippen MR) is 90.4 cm³/mol. The third kappa shape index (κ3) is 2.73. The van der Waals surface area contributed by atoms with Crippen LogP contribution in [0.15, 0.2) is 42.5 Å². The van der Waals surface area contributed by atoms with Gasteiger partial charge in [-0.2, -0.15) is 0 Å². The molecule has 0 aliphatic rings. The zero-order chi connectivity index (χ0) is 15.0. The number of amides is 1. The van der Waals surface area contributed by atoms with Crippen molar-refractivity contribution in [2.45, 2.75) is 6.92 Å². The molecule has 0 bridgehead atoms. The van der Waals surface area contributed by atoms with Crippen molar-refractivity contribution in [1.29, 1.82) is 0 Å². The van der Waals surface area contributed by atoms with Gasteiger partial charge in [-0.25, -0.2) is 0 Å². The molecule has 0 saturated carbocycles. The molecule has 21 heavy (non-hydrogen) atoms. The highest BCUT2D eigenvalue weighted by atomic mass is 35.5. The number of nitrogens with one attached hydrogen (secondary N) is 1. The van der Waals surface area contributed by atoms with Crippen molar-refractivity contribution in [3.63, 3.8) is 0 Å². The van der Waals surface area contributed by atoms with Crippen molar-refractivity contribution in [2.24, 2.45) is 0 Å². The molecule has 0 aliphatic heterocycles. The Bertz CT molecular complexity index is 841. The average molecular weight is 317 g/mol. The van der Waals surface area contributed by atoms with Crippen LogP contribution < -0.4 is 11.1 Å². The zero-order valence-corrected chi connectivity index (χ0v) is 12.9. The molecule has 0 fully saturated rings. The first kappa shape index (κ1) is 13.9. The van der Waals surface area contributed by atoms with Gasteiger partial charge in [-0.05, 0) is 54.3 Å².